The van der Waals surface area contributed by atoms with E-state index in [1.165, 1.54) is 4.90 Å². The van der Waals surface area contributed by atoms with Gasteiger partial charge >= 0.3 is 35.9 Å². The lowest BCUT2D eigenvalue weighted by Crippen LogP contribution is -2.39. The van der Waals surface area contributed by atoms with E-state index in [1.54, 1.807) is 20.8 Å². The van der Waals surface area contributed by atoms with Crippen LogP contribution in [0.1, 0.15) is 228 Å². The molecule has 1 amide bonds. The van der Waals surface area contributed by atoms with Gasteiger partial charge in [0.2, 0.25) is 0 Å². The Morgan fingerprint density at radius 3 is 1.14 bits per heavy atom. The topological polar surface area (TPSA) is 190 Å². The Hall–Kier alpha value is -3.46. The van der Waals surface area contributed by atoms with Crippen molar-refractivity contribution in [3.05, 3.63) is 0 Å². The van der Waals surface area contributed by atoms with Gasteiger partial charge in [-0.3, -0.25) is 24.0 Å². The van der Waals surface area contributed by atoms with Crippen molar-refractivity contribution >= 4 is 35.9 Å². The summed E-state index contributed by atoms with van der Waals surface area (Å²) in [6.45, 7) is 13.1. The highest BCUT2D eigenvalue weighted by atomic mass is 16.6. The van der Waals surface area contributed by atoms with Crippen molar-refractivity contribution in [3.8, 4) is 0 Å². The van der Waals surface area contributed by atoms with E-state index in [4.69, 9.17) is 33.2 Å². The molecule has 15 heteroatoms. The average Bonchev–Trinajstić information content (AvgIpc) is 3.26. The molecule has 0 bridgehead atoms. The highest BCUT2D eigenvalue weighted by molar-refractivity contribution is 5.72. The maximum Gasteiger partial charge on any atom is 0.410 e. The number of unbranched alkanes of at least 4 members (excludes halogenated alkanes) is 16. The van der Waals surface area contributed by atoms with E-state index in [2.05, 4.69) is 27.7 Å². The summed E-state index contributed by atoms with van der Waals surface area (Å²) in [5.41, 5.74) is -0.795. The molecule has 0 aliphatic carbocycles. The number of amides is 1. The molecule has 0 aromatic carbocycles. The number of aliphatic hydroxyl groups excluding tert-OH is 1. The lowest BCUT2D eigenvalue weighted by molar-refractivity contribution is -0.183. The van der Waals surface area contributed by atoms with Gasteiger partial charge in [-0.1, -0.05) is 130 Å². The number of aliphatic hydroxyl groups is 1. The molecular weight excluding hydrogens is 851 g/mol. The van der Waals surface area contributed by atoms with E-state index in [0.717, 1.165) is 103 Å². The van der Waals surface area contributed by atoms with E-state index in [9.17, 15) is 33.9 Å². The first-order valence-electron chi connectivity index (χ1n) is 25.8. The molecule has 0 saturated heterocycles. The molecule has 0 aromatic heterocycles. The summed E-state index contributed by atoms with van der Waals surface area (Å²) in [4.78, 5) is 77.7. The minimum absolute atomic E-state index is 0.0884. The molecule has 0 aliphatic heterocycles. The monoisotopic (exact) mass is 944 g/mol. The van der Waals surface area contributed by atoms with Crippen molar-refractivity contribution in [1.29, 1.82) is 0 Å². The second-order valence-electron chi connectivity index (χ2n) is 18.4. The number of nitrogens with zero attached hydrogens (tertiary/aromatic N) is 1. The van der Waals surface area contributed by atoms with E-state index in [-0.39, 0.29) is 103 Å². The number of carbonyl (C=O) groups excluding carboxylic acids is 6. The van der Waals surface area contributed by atoms with Crippen LogP contribution < -0.4 is 0 Å². The third-order valence-corrected chi connectivity index (χ3v) is 10.6. The fourth-order valence-corrected chi connectivity index (χ4v) is 6.79. The summed E-state index contributed by atoms with van der Waals surface area (Å²) in [5, 5.41) is 10.9. The summed E-state index contributed by atoms with van der Waals surface area (Å²) in [6, 6.07) is 0. The van der Waals surface area contributed by atoms with Crippen LogP contribution in [0, 0.1) is 0 Å². The second kappa shape index (κ2) is 41.7. The number of rotatable bonds is 43. The first-order chi connectivity index (χ1) is 31.6. The van der Waals surface area contributed by atoms with Crippen molar-refractivity contribution in [1.82, 2.24) is 4.90 Å². The van der Waals surface area contributed by atoms with E-state index < -0.39 is 48.1 Å². The molecule has 0 aromatic rings. The van der Waals surface area contributed by atoms with Gasteiger partial charge in [0.25, 0.3) is 0 Å². The van der Waals surface area contributed by atoms with Gasteiger partial charge in [-0.05, 0) is 65.7 Å². The molecule has 0 aliphatic rings. The van der Waals surface area contributed by atoms with Crippen LogP contribution >= 0.6 is 0 Å². The molecule has 0 heterocycles. The van der Waals surface area contributed by atoms with Crippen LogP contribution in [-0.4, -0.2) is 110 Å². The van der Waals surface area contributed by atoms with Crippen LogP contribution in [0.5, 0.6) is 0 Å². The van der Waals surface area contributed by atoms with Gasteiger partial charge in [-0.15, -0.1) is 0 Å². The lowest BCUT2D eigenvalue weighted by atomic mass is 10.1. The third-order valence-electron chi connectivity index (χ3n) is 10.6. The maximum absolute atomic E-state index is 13.3. The molecule has 66 heavy (non-hydrogen) atoms. The Morgan fingerprint density at radius 2 is 0.773 bits per heavy atom. The number of carbonyl (C=O) groups is 6. The Balaban J connectivity index is 5.45. The largest absolute Gasteiger partial charge is 0.463 e. The van der Waals surface area contributed by atoms with E-state index >= 15 is 0 Å². The maximum atomic E-state index is 13.3. The van der Waals surface area contributed by atoms with Crippen LogP contribution in [0.15, 0.2) is 0 Å². The second-order valence-corrected chi connectivity index (χ2v) is 18.4. The Kier molecular flexibility index (Phi) is 39.5. The third kappa shape index (κ3) is 39.7. The minimum Gasteiger partial charge on any atom is -0.463 e. The molecule has 0 fully saturated rings. The normalized spacial score (nSPS) is 11.9. The van der Waals surface area contributed by atoms with Gasteiger partial charge in [0, 0.05) is 45.2 Å². The fraction of sp³-hybridized carbons (Fsp3) is 0.882. The highest BCUT2D eigenvalue weighted by Crippen LogP contribution is 2.15. The highest BCUT2D eigenvalue weighted by Gasteiger charge is 2.25. The van der Waals surface area contributed by atoms with Crippen LogP contribution in [-0.2, 0) is 57.1 Å². The Bertz CT molecular complexity index is 1210. The molecule has 0 saturated carbocycles. The van der Waals surface area contributed by atoms with Gasteiger partial charge in [-0.25, -0.2) is 4.79 Å². The van der Waals surface area contributed by atoms with Crippen LogP contribution in [0.3, 0.4) is 0 Å². The Labute approximate surface area is 398 Å². The van der Waals surface area contributed by atoms with Crippen LogP contribution in [0.25, 0.3) is 0 Å². The van der Waals surface area contributed by atoms with Crippen molar-refractivity contribution in [2.24, 2.45) is 0 Å². The lowest BCUT2D eigenvalue weighted by Gasteiger charge is -2.28. The van der Waals surface area contributed by atoms with Gasteiger partial charge in [0.05, 0.1) is 0 Å². The summed E-state index contributed by atoms with van der Waals surface area (Å²) in [6.07, 6.45) is 17.2. The summed E-state index contributed by atoms with van der Waals surface area (Å²) >= 11 is 0. The molecule has 1 atom stereocenters. The standard InChI is InChI=1S/C51H93NO14/c1-8-12-16-20-24-30-44(53)60-38-42(39-61-45(54)31-25-21-17-13-9-2)64-48(57)34-28-36-52(50(59)66-51(5,6)7)37-29-35-49(58)65-43(40-62-46(55)32-26-22-18-14-10-3)41-63-47(56)33-27-23-19-15-11-4/h42-43,48,57H,8-41H2,1-7H3. The summed E-state index contributed by atoms with van der Waals surface area (Å²) in [5.74, 6) is -2.20. The molecule has 15 nitrogen and oxygen atoms in total. The molecule has 0 spiro atoms. The average molecular weight is 944 g/mol. The zero-order valence-electron chi connectivity index (χ0n) is 42.5. The molecular formula is C51H93NO14. The minimum atomic E-state index is -1.33. The molecule has 386 valence electrons. The van der Waals surface area contributed by atoms with Crippen LogP contribution in [0.2, 0.25) is 0 Å². The molecule has 1 N–H and O–H groups in total. The first-order valence-corrected chi connectivity index (χ1v) is 25.8. The van der Waals surface area contributed by atoms with Crippen LogP contribution in [0.4, 0.5) is 4.79 Å². The predicted octanol–water partition coefficient (Wildman–Crippen LogP) is 11.0. The number of hydrogen-bond acceptors (Lipinski definition) is 14. The van der Waals surface area contributed by atoms with E-state index in [1.807, 2.05) is 0 Å². The summed E-state index contributed by atoms with van der Waals surface area (Å²) in [7, 11) is 0. The fourth-order valence-electron chi connectivity index (χ4n) is 6.79. The number of ether oxygens (including phenoxy) is 7. The summed E-state index contributed by atoms with van der Waals surface area (Å²) < 4.78 is 38.8. The van der Waals surface area contributed by atoms with Crippen molar-refractivity contribution in [2.45, 2.75) is 252 Å². The van der Waals surface area contributed by atoms with Gasteiger partial charge in [0.15, 0.2) is 12.4 Å². The van der Waals surface area contributed by atoms with Crippen molar-refractivity contribution in [2.75, 3.05) is 39.5 Å². The molecule has 0 rings (SSSR count). The first kappa shape index (κ1) is 62.5. The number of hydrogen-bond donors (Lipinski definition) is 1. The van der Waals surface area contributed by atoms with Crippen molar-refractivity contribution < 1.29 is 67.0 Å². The van der Waals surface area contributed by atoms with Gasteiger partial charge in [-0.2, -0.15) is 0 Å². The molecule has 0 radical (unpaired) electrons. The Morgan fingerprint density at radius 1 is 0.439 bits per heavy atom. The van der Waals surface area contributed by atoms with Gasteiger partial charge < -0.3 is 43.2 Å². The zero-order valence-corrected chi connectivity index (χ0v) is 42.5. The van der Waals surface area contributed by atoms with Crippen molar-refractivity contribution in [3.63, 3.8) is 0 Å². The SMILES string of the molecule is CCCCCCCC(=O)OCC(COC(=O)CCCCCCC)OC(=O)CCCN(CCCC(O)OC(COC(=O)CCCCCCC)COC(=O)CCCCCCC)C(=O)OC(C)(C)C. The quantitative estimate of drug-likeness (QED) is 0.0263. The number of esters is 5. The molecule has 1 unspecified atom stereocenters. The zero-order chi connectivity index (χ0) is 49.3. The smallest absolute Gasteiger partial charge is 0.410 e. The van der Waals surface area contributed by atoms with E-state index in [0.29, 0.717) is 25.7 Å². The van der Waals surface area contributed by atoms with Gasteiger partial charge in [0.1, 0.15) is 38.1 Å². The predicted molar refractivity (Wildman–Crippen MR) is 254 cm³/mol.